The van der Waals surface area contributed by atoms with Crippen molar-refractivity contribution in [3.63, 3.8) is 0 Å². The van der Waals surface area contributed by atoms with Gasteiger partial charge >= 0.3 is 0 Å². The molecule has 1 aromatic rings. The third-order valence-corrected chi connectivity index (χ3v) is 5.23. The zero-order valence-corrected chi connectivity index (χ0v) is 14.9. The van der Waals surface area contributed by atoms with Crippen molar-refractivity contribution in [3.8, 4) is 0 Å². The van der Waals surface area contributed by atoms with Gasteiger partial charge < -0.3 is 14.5 Å². The van der Waals surface area contributed by atoms with Crippen molar-refractivity contribution in [3.05, 3.63) is 22.6 Å². The summed E-state index contributed by atoms with van der Waals surface area (Å²) in [6, 6.07) is 2.15. The maximum Gasteiger partial charge on any atom is 0.136 e. The van der Waals surface area contributed by atoms with Crippen LogP contribution in [0.15, 0.2) is 21.2 Å². The third-order valence-electron chi connectivity index (χ3n) is 4.58. The van der Waals surface area contributed by atoms with E-state index in [1.165, 1.54) is 0 Å². The van der Waals surface area contributed by atoms with Gasteiger partial charge in [-0.1, -0.05) is 13.8 Å². The Labute approximate surface area is 136 Å². The van der Waals surface area contributed by atoms with E-state index >= 15 is 0 Å². The van der Waals surface area contributed by atoms with E-state index in [1.54, 1.807) is 6.26 Å². The Morgan fingerprint density at radius 2 is 2.10 bits per heavy atom. The first-order valence-corrected chi connectivity index (χ1v) is 8.71. The van der Waals surface area contributed by atoms with Gasteiger partial charge in [-0.15, -0.1) is 0 Å². The summed E-state index contributed by atoms with van der Waals surface area (Å²) >= 11 is 3.63. The second-order valence-corrected chi connectivity index (χ2v) is 6.68. The molecule has 1 aromatic heterocycles. The fraction of sp³-hybridized carbons (Fsp3) is 0.750. The Morgan fingerprint density at radius 1 is 1.38 bits per heavy atom. The summed E-state index contributed by atoms with van der Waals surface area (Å²) in [5.41, 5.74) is 0.0132. The Bertz CT molecular complexity index is 432. The largest absolute Gasteiger partial charge is 0.466 e. The Balaban J connectivity index is 2.29. The topological polar surface area (TPSA) is 37.6 Å². The highest BCUT2D eigenvalue weighted by Crippen LogP contribution is 2.38. The molecule has 21 heavy (non-hydrogen) atoms. The van der Waals surface area contributed by atoms with Gasteiger partial charge in [-0.2, -0.15) is 0 Å². The van der Waals surface area contributed by atoms with E-state index in [9.17, 15) is 0 Å². The molecule has 0 saturated carbocycles. The van der Waals surface area contributed by atoms with E-state index in [0.717, 1.165) is 55.9 Å². The molecular weight excluding hydrogens is 332 g/mol. The van der Waals surface area contributed by atoms with Crippen LogP contribution >= 0.6 is 15.9 Å². The summed E-state index contributed by atoms with van der Waals surface area (Å²) in [4.78, 5) is 2.54. The number of morpholine rings is 1. The van der Waals surface area contributed by atoms with Crippen molar-refractivity contribution >= 4 is 15.9 Å². The lowest BCUT2D eigenvalue weighted by Gasteiger charge is -2.47. The van der Waals surface area contributed by atoms with Gasteiger partial charge in [-0.3, -0.25) is 4.90 Å². The first kappa shape index (κ1) is 17.0. The van der Waals surface area contributed by atoms with Crippen LogP contribution in [0.5, 0.6) is 0 Å². The van der Waals surface area contributed by atoms with Gasteiger partial charge in [-0.05, 0) is 48.3 Å². The Hall–Kier alpha value is -0.360. The predicted molar refractivity (Wildman–Crippen MR) is 88.5 cm³/mol. The zero-order chi connectivity index (χ0) is 15.3. The molecule has 4 nitrogen and oxygen atoms in total. The first-order chi connectivity index (χ1) is 10.1. The van der Waals surface area contributed by atoms with Crippen molar-refractivity contribution in [1.82, 2.24) is 10.2 Å². The Morgan fingerprint density at radius 3 is 2.62 bits per heavy atom. The van der Waals surface area contributed by atoms with Crippen LogP contribution in [0.3, 0.4) is 0 Å². The van der Waals surface area contributed by atoms with Crippen LogP contribution in [0.1, 0.15) is 45.4 Å². The van der Waals surface area contributed by atoms with Crippen LogP contribution in [0.4, 0.5) is 0 Å². The van der Waals surface area contributed by atoms with Crippen molar-refractivity contribution in [2.45, 2.75) is 45.2 Å². The molecule has 1 N–H and O–H groups in total. The summed E-state index contributed by atoms with van der Waals surface area (Å²) in [6.07, 6.45) is 3.93. The molecule has 2 rings (SSSR count). The van der Waals surface area contributed by atoms with Gasteiger partial charge in [0.05, 0.1) is 30.0 Å². The lowest BCUT2D eigenvalue weighted by Crippen LogP contribution is -2.57. The summed E-state index contributed by atoms with van der Waals surface area (Å²) in [7, 11) is 0. The minimum atomic E-state index is 0.0132. The van der Waals surface area contributed by atoms with Gasteiger partial charge in [0.1, 0.15) is 5.76 Å². The van der Waals surface area contributed by atoms with E-state index in [0.29, 0.717) is 0 Å². The molecule has 2 unspecified atom stereocenters. The minimum Gasteiger partial charge on any atom is -0.466 e. The lowest BCUT2D eigenvalue weighted by atomic mass is 9.85. The summed E-state index contributed by atoms with van der Waals surface area (Å²) in [6.45, 7) is 11.4. The number of furan rings is 1. The quantitative estimate of drug-likeness (QED) is 0.808. The number of nitrogens with one attached hydrogen (secondary N) is 1. The highest BCUT2D eigenvalue weighted by molar-refractivity contribution is 9.10. The maximum absolute atomic E-state index is 5.80. The van der Waals surface area contributed by atoms with Crippen LogP contribution in [-0.4, -0.2) is 43.3 Å². The average molecular weight is 359 g/mol. The summed E-state index contributed by atoms with van der Waals surface area (Å²) in [5, 5.41) is 3.70. The average Bonchev–Trinajstić information content (AvgIpc) is 2.94. The summed E-state index contributed by atoms with van der Waals surface area (Å²) in [5.74, 6) is 0.999. The van der Waals surface area contributed by atoms with Crippen LogP contribution in [0.25, 0.3) is 0 Å². The smallest absolute Gasteiger partial charge is 0.136 e. The molecule has 0 radical (unpaired) electrons. The molecule has 0 aliphatic carbocycles. The van der Waals surface area contributed by atoms with Gasteiger partial charge in [-0.25, -0.2) is 0 Å². The highest BCUT2D eigenvalue weighted by atomic mass is 79.9. The van der Waals surface area contributed by atoms with E-state index in [-0.39, 0.29) is 11.6 Å². The molecule has 1 aliphatic rings. The van der Waals surface area contributed by atoms with E-state index < -0.39 is 0 Å². The van der Waals surface area contributed by atoms with Crippen LogP contribution in [0, 0.1) is 0 Å². The van der Waals surface area contributed by atoms with Gasteiger partial charge in [0.15, 0.2) is 0 Å². The molecule has 1 fully saturated rings. The lowest BCUT2D eigenvalue weighted by molar-refractivity contribution is -0.0357. The van der Waals surface area contributed by atoms with Crippen LogP contribution in [-0.2, 0) is 4.74 Å². The number of hydrogen-bond donors (Lipinski definition) is 1. The molecule has 2 heterocycles. The standard InChI is InChI=1S/C16H27BrN2O2/c1-4-7-18-15(14-13(17)6-10-21-14)16(3,5-2)19-8-11-20-12-9-19/h6,10,15,18H,4-5,7-9,11-12H2,1-3H3. The molecule has 0 bridgehead atoms. The maximum atomic E-state index is 5.80. The number of ether oxygens (including phenoxy) is 1. The molecule has 1 aliphatic heterocycles. The second kappa shape index (κ2) is 7.77. The zero-order valence-electron chi connectivity index (χ0n) is 13.3. The second-order valence-electron chi connectivity index (χ2n) is 5.83. The first-order valence-electron chi connectivity index (χ1n) is 7.92. The molecule has 0 spiro atoms. The molecule has 5 heteroatoms. The van der Waals surface area contributed by atoms with Crippen molar-refractivity contribution < 1.29 is 9.15 Å². The normalized spacial score (nSPS) is 21.1. The number of hydrogen-bond acceptors (Lipinski definition) is 4. The number of halogens is 1. The van der Waals surface area contributed by atoms with Gasteiger partial charge in [0.25, 0.3) is 0 Å². The predicted octanol–water partition coefficient (Wildman–Crippen LogP) is 3.58. The fourth-order valence-electron chi connectivity index (χ4n) is 3.08. The number of nitrogens with zero attached hydrogens (tertiary/aromatic N) is 1. The highest BCUT2D eigenvalue weighted by Gasteiger charge is 2.41. The van der Waals surface area contributed by atoms with E-state index in [1.807, 2.05) is 6.07 Å². The molecule has 120 valence electrons. The van der Waals surface area contributed by atoms with Crippen molar-refractivity contribution in [1.29, 1.82) is 0 Å². The monoisotopic (exact) mass is 358 g/mol. The van der Waals surface area contributed by atoms with E-state index in [4.69, 9.17) is 9.15 Å². The minimum absolute atomic E-state index is 0.0132. The number of rotatable bonds is 7. The molecule has 0 aromatic carbocycles. The molecule has 1 saturated heterocycles. The van der Waals surface area contributed by atoms with Gasteiger partial charge in [0, 0.05) is 18.6 Å². The molecular formula is C16H27BrN2O2. The summed E-state index contributed by atoms with van der Waals surface area (Å²) < 4.78 is 12.4. The van der Waals surface area contributed by atoms with Crippen LogP contribution < -0.4 is 5.32 Å². The van der Waals surface area contributed by atoms with Crippen molar-refractivity contribution in [2.75, 3.05) is 32.8 Å². The van der Waals surface area contributed by atoms with E-state index in [2.05, 4.69) is 46.9 Å². The third kappa shape index (κ3) is 3.70. The molecule has 2 atom stereocenters. The molecule has 0 amide bonds. The van der Waals surface area contributed by atoms with Crippen LogP contribution in [0.2, 0.25) is 0 Å². The fourth-order valence-corrected chi connectivity index (χ4v) is 3.51. The van der Waals surface area contributed by atoms with Crippen molar-refractivity contribution in [2.24, 2.45) is 0 Å². The SMILES string of the molecule is CCCNC(c1occc1Br)C(C)(CC)N1CCOCC1. The van der Waals surface area contributed by atoms with Gasteiger partial charge in [0.2, 0.25) is 0 Å². The Kier molecular flexibility index (Phi) is 6.29.